The van der Waals surface area contributed by atoms with Gasteiger partial charge in [0.2, 0.25) is 0 Å². The SMILES string of the molecule is CCCCCCC/C=C/CCCCCCCC(=O)OC[C@@H](COP(=O)(O)OC1C(O)C(O)C(O)[C@H](O)C1O)OC(=O)CCCC/C=C/C/C=C/CCCCCCCC. The molecule has 0 bridgehead atoms. The van der Waals surface area contributed by atoms with E-state index in [1.165, 1.54) is 70.6 Å². The van der Waals surface area contributed by atoms with E-state index in [1.807, 2.05) is 0 Å². The maximum absolute atomic E-state index is 12.8. The Labute approximate surface area is 348 Å². The first kappa shape index (κ1) is 54.1. The number of allylic oxidation sites excluding steroid dienone is 6. The summed E-state index contributed by atoms with van der Waals surface area (Å²) >= 11 is 0. The van der Waals surface area contributed by atoms with E-state index in [0.29, 0.717) is 12.8 Å². The number of phosphoric ester groups is 1. The number of esters is 2. The second-order valence-electron chi connectivity index (χ2n) is 15.5. The van der Waals surface area contributed by atoms with Crippen molar-refractivity contribution in [3.63, 3.8) is 0 Å². The van der Waals surface area contributed by atoms with Gasteiger partial charge in [-0.2, -0.15) is 0 Å². The normalized spacial score (nSPS) is 22.8. The molecule has 338 valence electrons. The number of carbonyl (C=O) groups excluding carboxylic acids is 2. The number of unbranched alkanes of at least 4 members (excludes halogenated alkanes) is 18. The van der Waals surface area contributed by atoms with Crippen molar-refractivity contribution in [2.45, 2.75) is 217 Å². The van der Waals surface area contributed by atoms with Crippen molar-refractivity contribution in [3.8, 4) is 0 Å². The number of aliphatic hydroxyl groups is 5. The molecule has 0 spiro atoms. The van der Waals surface area contributed by atoms with E-state index in [-0.39, 0.29) is 12.8 Å². The summed E-state index contributed by atoms with van der Waals surface area (Å²) in [5.41, 5.74) is 0. The lowest BCUT2D eigenvalue weighted by atomic mass is 9.85. The van der Waals surface area contributed by atoms with Gasteiger partial charge in [-0.15, -0.1) is 0 Å². The van der Waals surface area contributed by atoms with Crippen molar-refractivity contribution < 1.29 is 63.1 Å². The Hall–Kier alpha value is -1.93. The van der Waals surface area contributed by atoms with E-state index in [1.54, 1.807) is 0 Å². The Morgan fingerprint density at radius 3 is 1.45 bits per heavy atom. The molecule has 1 saturated carbocycles. The van der Waals surface area contributed by atoms with Gasteiger partial charge >= 0.3 is 19.8 Å². The fraction of sp³-hybridized carbons (Fsp3) is 0.818. The molecule has 0 amide bonds. The highest BCUT2D eigenvalue weighted by molar-refractivity contribution is 7.47. The predicted molar refractivity (Wildman–Crippen MR) is 226 cm³/mol. The van der Waals surface area contributed by atoms with Gasteiger partial charge in [0.05, 0.1) is 6.61 Å². The van der Waals surface area contributed by atoms with Crippen molar-refractivity contribution >= 4 is 19.8 Å². The molecule has 1 aliphatic rings. The number of carbonyl (C=O) groups is 2. The average molecular weight is 847 g/mol. The minimum absolute atomic E-state index is 0.0527. The molecule has 0 aromatic heterocycles. The van der Waals surface area contributed by atoms with Crippen LogP contribution >= 0.6 is 7.82 Å². The van der Waals surface area contributed by atoms with Crippen LogP contribution in [0.3, 0.4) is 0 Å². The lowest BCUT2D eigenvalue weighted by Gasteiger charge is -2.41. The molecule has 14 heteroatoms. The van der Waals surface area contributed by atoms with Crippen LogP contribution in [0.4, 0.5) is 0 Å². The van der Waals surface area contributed by atoms with Gasteiger partial charge in [0.1, 0.15) is 43.2 Å². The molecule has 6 unspecified atom stereocenters. The molecular formula is C44H79O13P. The average Bonchev–Trinajstić information content (AvgIpc) is 3.20. The van der Waals surface area contributed by atoms with Gasteiger partial charge in [-0.05, 0) is 70.6 Å². The van der Waals surface area contributed by atoms with Gasteiger partial charge in [0.25, 0.3) is 0 Å². The molecular weight excluding hydrogens is 767 g/mol. The molecule has 8 atom stereocenters. The summed E-state index contributed by atoms with van der Waals surface area (Å²) in [7, 11) is -5.12. The Morgan fingerprint density at radius 2 is 0.931 bits per heavy atom. The molecule has 0 heterocycles. The third-order valence-corrected chi connectivity index (χ3v) is 11.2. The molecule has 13 nitrogen and oxygen atoms in total. The number of rotatable bonds is 36. The van der Waals surface area contributed by atoms with Gasteiger partial charge in [-0.25, -0.2) is 4.57 Å². The van der Waals surface area contributed by atoms with E-state index < -0.39 is 75.7 Å². The number of hydrogen-bond acceptors (Lipinski definition) is 12. The predicted octanol–water partition coefficient (Wildman–Crippen LogP) is 8.22. The number of phosphoric acid groups is 1. The number of aliphatic hydroxyl groups excluding tert-OH is 5. The van der Waals surface area contributed by atoms with E-state index in [9.17, 15) is 44.6 Å². The van der Waals surface area contributed by atoms with Crippen LogP contribution in [-0.2, 0) is 32.7 Å². The van der Waals surface area contributed by atoms with Crippen molar-refractivity contribution in [2.24, 2.45) is 0 Å². The Morgan fingerprint density at radius 1 is 0.534 bits per heavy atom. The molecule has 0 aromatic rings. The molecule has 1 aliphatic carbocycles. The Balaban J connectivity index is 2.52. The zero-order chi connectivity index (χ0) is 42.9. The molecule has 1 rings (SSSR count). The Kier molecular flexibility index (Phi) is 32.4. The minimum Gasteiger partial charge on any atom is -0.462 e. The first-order valence-corrected chi connectivity index (χ1v) is 23.8. The van der Waals surface area contributed by atoms with E-state index >= 15 is 0 Å². The van der Waals surface area contributed by atoms with Crippen LogP contribution in [0.1, 0.15) is 174 Å². The molecule has 1 fully saturated rings. The third-order valence-electron chi connectivity index (χ3n) is 10.2. The van der Waals surface area contributed by atoms with E-state index in [2.05, 4.69) is 50.3 Å². The van der Waals surface area contributed by atoms with Crippen LogP contribution in [0.25, 0.3) is 0 Å². The van der Waals surface area contributed by atoms with E-state index in [4.69, 9.17) is 18.5 Å². The molecule has 0 radical (unpaired) electrons. The third kappa shape index (κ3) is 27.0. The second kappa shape index (κ2) is 34.7. The standard InChI is InChI=1S/C44H79O13P/c1-3-5-7-9-11-13-15-17-19-21-23-25-27-29-31-33-38(46)56-36(35-55-58(52,53)57-44-42(50)40(48)39(47)41(49)43(44)51)34-54-37(45)32-30-28-26-24-22-20-18-16-14-12-10-8-6-4-2/h16-19,23,25,36,39-44,47-51H,3-15,20-22,24,26-35H2,1-2H3,(H,52,53)/b18-16+,19-17+,25-23+/t36-,39?,40-,41?,42?,43?,44?/m0/s1. The first-order chi connectivity index (χ1) is 27.9. The molecule has 0 aromatic carbocycles. The fourth-order valence-electron chi connectivity index (χ4n) is 6.55. The lowest BCUT2D eigenvalue weighted by molar-refractivity contribution is -0.220. The monoisotopic (exact) mass is 847 g/mol. The summed E-state index contributed by atoms with van der Waals surface area (Å²) < 4.78 is 33.4. The van der Waals surface area contributed by atoms with Gasteiger partial charge < -0.3 is 39.9 Å². The largest absolute Gasteiger partial charge is 0.472 e. The van der Waals surface area contributed by atoms with Crippen molar-refractivity contribution in [1.29, 1.82) is 0 Å². The summed E-state index contributed by atoms with van der Waals surface area (Å²) in [5, 5.41) is 50.1. The zero-order valence-electron chi connectivity index (χ0n) is 35.6. The quantitative estimate of drug-likeness (QED) is 0.0152. The van der Waals surface area contributed by atoms with Crippen LogP contribution in [0, 0.1) is 0 Å². The maximum atomic E-state index is 12.8. The van der Waals surface area contributed by atoms with Crippen LogP contribution in [-0.4, -0.2) is 98.3 Å². The van der Waals surface area contributed by atoms with E-state index in [0.717, 1.165) is 64.2 Å². The maximum Gasteiger partial charge on any atom is 0.472 e. The van der Waals surface area contributed by atoms with Gasteiger partial charge in [0, 0.05) is 12.8 Å². The lowest BCUT2D eigenvalue weighted by Crippen LogP contribution is -2.64. The minimum atomic E-state index is -5.12. The molecule has 0 saturated heterocycles. The summed E-state index contributed by atoms with van der Waals surface area (Å²) in [5.74, 6) is -1.15. The topological polar surface area (TPSA) is 210 Å². The zero-order valence-corrected chi connectivity index (χ0v) is 36.5. The van der Waals surface area contributed by atoms with Crippen LogP contribution in [0.5, 0.6) is 0 Å². The summed E-state index contributed by atoms with van der Waals surface area (Å²) in [4.78, 5) is 35.6. The first-order valence-electron chi connectivity index (χ1n) is 22.3. The highest BCUT2D eigenvalue weighted by Gasteiger charge is 2.51. The summed E-state index contributed by atoms with van der Waals surface area (Å²) in [6.45, 7) is 3.24. The molecule has 6 N–H and O–H groups in total. The van der Waals surface area contributed by atoms with Crippen LogP contribution in [0.2, 0.25) is 0 Å². The van der Waals surface area contributed by atoms with Crippen LogP contribution in [0.15, 0.2) is 36.5 Å². The van der Waals surface area contributed by atoms with Crippen molar-refractivity contribution in [2.75, 3.05) is 13.2 Å². The highest BCUT2D eigenvalue weighted by atomic mass is 31.2. The number of hydrogen-bond donors (Lipinski definition) is 6. The molecule has 58 heavy (non-hydrogen) atoms. The summed E-state index contributed by atoms with van der Waals surface area (Å²) in [6.07, 6.45) is 24.9. The molecule has 0 aliphatic heterocycles. The van der Waals surface area contributed by atoms with Gasteiger partial charge in [-0.1, -0.05) is 127 Å². The van der Waals surface area contributed by atoms with Gasteiger partial charge in [0.15, 0.2) is 6.10 Å². The second-order valence-corrected chi connectivity index (χ2v) is 16.9. The summed E-state index contributed by atoms with van der Waals surface area (Å²) in [6, 6.07) is 0. The highest BCUT2D eigenvalue weighted by Crippen LogP contribution is 2.47. The van der Waals surface area contributed by atoms with Crippen molar-refractivity contribution in [3.05, 3.63) is 36.5 Å². The van der Waals surface area contributed by atoms with Gasteiger partial charge in [-0.3, -0.25) is 18.6 Å². The number of ether oxygens (including phenoxy) is 2. The smallest absolute Gasteiger partial charge is 0.462 e. The Bertz CT molecular complexity index is 1160. The van der Waals surface area contributed by atoms with Crippen LogP contribution < -0.4 is 0 Å². The van der Waals surface area contributed by atoms with Crippen molar-refractivity contribution in [1.82, 2.24) is 0 Å². The fourth-order valence-corrected chi connectivity index (χ4v) is 7.52.